The Kier molecular flexibility index (Phi) is 33.3. The van der Waals surface area contributed by atoms with Gasteiger partial charge in [0.25, 0.3) is 0 Å². The van der Waals surface area contributed by atoms with Gasteiger partial charge in [0.15, 0.2) is 0 Å². The van der Waals surface area contributed by atoms with Gasteiger partial charge in [-0.1, -0.05) is 205 Å². The quantitative estimate of drug-likeness (QED) is 0.0344. The Morgan fingerprint density at radius 1 is 0.232 bits per heavy atom. The third kappa shape index (κ3) is 26.6. The average molecular weight is 1520 g/mol. The highest BCUT2D eigenvalue weighted by molar-refractivity contribution is 6.02. The highest BCUT2D eigenvalue weighted by atomic mass is 16.5. The van der Waals surface area contributed by atoms with E-state index in [2.05, 4.69) is 119 Å². The molecule has 3 aliphatic rings. The molecule has 8 aromatic rings. The van der Waals surface area contributed by atoms with Crippen molar-refractivity contribution in [3.63, 3.8) is 0 Å². The number of carbonyl (C=O) groups excluding carboxylic acids is 4. The maximum absolute atomic E-state index is 14.9. The summed E-state index contributed by atoms with van der Waals surface area (Å²) in [5.74, 6) is 2.59. The Morgan fingerprint density at radius 2 is 0.420 bits per heavy atom. The van der Waals surface area contributed by atoms with Crippen molar-refractivity contribution in [2.24, 2.45) is 0 Å². The lowest BCUT2D eigenvalue weighted by molar-refractivity contribution is 0.261. The number of urea groups is 4. The minimum atomic E-state index is -0.401. The Balaban J connectivity index is 1.14. The van der Waals surface area contributed by atoms with Gasteiger partial charge in [-0.15, -0.1) is 0 Å². The van der Waals surface area contributed by atoms with Crippen molar-refractivity contribution in [1.29, 1.82) is 0 Å². The number of benzene rings is 8. The van der Waals surface area contributed by atoms with E-state index in [1.54, 1.807) is 0 Å². The molecule has 0 unspecified atom stereocenters. The number of anilines is 8. The van der Waals surface area contributed by atoms with Crippen LogP contribution in [0.1, 0.15) is 274 Å². The standard InChI is InChI=1S/C96H124N8O8/c1-5-9-29-49-109-89-73-57-74-62-86-67-79(90(74)110-50-30-10-6-2)60-80-68-88-64-76(92(80)112-52-32-12-8-4)58-75-63-87(103-95(107)99-83-47-35-43-71(55-83)39-27-23-19-15-16-20-24-28-40-72-44-36-48-84(56-72)100-96(108)104-88)66-78(91(75)111-51-31-11-7-3)59-77(89)65-85(61-73)101-93(105)97-81-45-33-41-69(53-81)37-25-21-17-13-14-18-22-26-38-70-42-34-46-82(54-70)98-94(106)102-86/h33-36,41-48,53-56,61-68H,5-32,37-40,49-52,57-60H2,1-4H3,(H2,97,101,105)(H2,98,102,106)(H2,99,103,107)(H2,100,104,108). The molecule has 0 radical (unpaired) electrons. The van der Waals surface area contributed by atoms with E-state index in [-0.39, 0.29) is 25.7 Å². The second-order valence-electron chi connectivity index (χ2n) is 31.2. The number of fused-ring (bicyclic) bond motifs is 16. The molecule has 11 rings (SSSR count). The molecule has 0 fully saturated rings. The molecule has 2 aliphatic heterocycles. The summed E-state index contributed by atoms with van der Waals surface area (Å²) in [7, 11) is 0. The van der Waals surface area contributed by atoms with Crippen LogP contribution in [-0.4, -0.2) is 50.6 Å². The summed E-state index contributed by atoms with van der Waals surface area (Å²) in [5.41, 5.74) is 15.8. The lowest BCUT2D eigenvalue weighted by Crippen LogP contribution is -2.21. The number of rotatable bonds is 20. The van der Waals surface area contributed by atoms with E-state index in [1.165, 1.54) is 73.6 Å². The molecule has 596 valence electrons. The molecule has 112 heavy (non-hydrogen) atoms. The van der Waals surface area contributed by atoms with Crippen LogP contribution in [0, 0.1) is 0 Å². The molecule has 0 spiro atoms. The van der Waals surface area contributed by atoms with E-state index in [0.717, 1.165) is 199 Å². The zero-order valence-corrected chi connectivity index (χ0v) is 67.4. The van der Waals surface area contributed by atoms with Crippen molar-refractivity contribution in [1.82, 2.24) is 0 Å². The molecular weight excluding hydrogens is 1390 g/mol. The van der Waals surface area contributed by atoms with Gasteiger partial charge in [0.05, 0.1) is 26.4 Å². The van der Waals surface area contributed by atoms with E-state index in [0.29, 0.717) is 94.9 Å². The van der Waals surface area contributed by atoms with Gasteiger partial charge >= 0.3 is 24.1 Å². The van der Waals surface area contributed by atoms with E-state index < -0.39 is 24.1 Å². The molecule has 8 amide bonds. The third-order valence-corrected chi connectivity index (χ3v) is 21.6. The van der Waals surface area contributed by atoms with Crippen molar-refractivity contribution in [2.45, 2.75) is 259 Å². The van der Waals surface area contributed by atoms with Crippen LogP contribution in [0.4, 0.5) is 64.7 Å². The fourth-order valence-electron chi connectivity index (χ4n) is 15.9. The summed E-state index contributed by atoms with van der Waals surface area (Å²) >= 11 is 0. The first-order valence-electron chi connectivity index (χ1n) is 42.8. The van der Waals surface area contributed by atoms with Crippen molar-refractivity contribution >= 4 is 69.6 Å². The number of nitrogens with one attached hydrogen (secondary N) is 8. The summed E-state index contributed by atoms with van der Waals surface area (Å²) in [4.78, 5) is 59.5. The maximum atomic E-state index is 14.9. The largest absolute Gasteiger partial charge is 0.493 e. The van der Waals surface area contributed by atoms with E-state index in [4.69, 9.17) is 18.9 Å². The Bertz CT molecular complexity index is 3720. The van der Waals surface area contributed by atoms with Gasteiger partial charge in [0.2, 0.25) is 0 Å². The maximum Gasteiger partial charge on any atom is 0.323 e. The molecule has 0 aromatic heterocycles. The molecule has 2 heterocycles. The molecule has 8 N–H and O–H groups in total. The smallest absolute Gasteiger partial charge is 0.323 e. The third-order valence-electron chi connectivity index (χ3n) is 21.6. The number of ether oxygens (including phenoxy) is 4. The van der Waals surface area contributed by atoms with Gasteiger partial charge in [0, 0.05) is 116 Å². The van der Waals surface area contributed by atoms with E-state index in [1.807, 2.05) is 97.1 Å². The Morgan fingerprint density at radius 3 is 0.616 bits per heavy atom. The lowest BCUT2D eigenvalue weighted by atomic mass is 9.90. The second kappa shape index (κ2) is 44.9. The second-order valence-corrected chi connectivity index (χ2v) is 31.2. The number of hydrogen-bond acceptors (Lipinski definition) is 8. The molecule has 16 nitrogen and oxygen atoms in total. The number of unbranched alkanes of at least 4 members (excludes halogenated alkanes) is 8. The molecule has 0 saturated carbocycles. The van der Waals surface area contributed by atoms with Crippen LogP contribution >= 0.6 is 0 Å². The molecule has 0 atom stereocenters. The summed E-state index contributed by atoms with van der Waals surface area (Å²) < 4.78 is 29.1. The number of aryl methyl sites for hydroxylation is 4. The summed E-state index contributed by atoms with van der Waals surface area (Å²) in [6, 6.07) is 47.3. The van der Waals surface area contributed by atoms with Crippen LogP contribution in [-0.2, 0) is 51.4 Å². The molecular formula is C96H124N8O8. The number of hydrogen-bond donors (Lipinski definition) is 8. The molecule has 0 saturated heterocycles. The highest BCUT2D eigenvalue weighted by Crippen LogP contribution is 2.44. The van der Waals surface area contributed by atoms with Gasteiger partial charge in [-0.25, -0.2) is 19.2 Å². The van der Waals surface area contributed by atoms with Crippen LogP contribution in [0.25, 0.3) is 0 Å². The minimum Gasteiger partial charge on any atom is -0.493 e. The van der Waals surface area contributed by atoms with Crippen LogP contribution in [0.15, 0.2) is 146 Å². The topological polar surface area (TPSA) is 201 Å². The zero-order valence-electron chi connectivity index (χ0n) is 67.4. The van der Waals surface area contributed by atoms with Crippen molar-refractivity contribution in [3.8, 4) is 23.0 Å². The molecule has 20 bridgehead atoms. The SMILES string of the molecule is CCCCCOc1c2cc3cc1Cc1cc4cc(c1OCCCCC)Cc1cc(cc(c1OCCCCC)Cc1cc(cc(c1OCCCCC)C2)NC(=O)Nc1cccc(c1)CCCCCCCCCCc1cccc(c1)NC(=O)N3)NC(=O)Nc1cccc(c1)CCCCCCCCCCc1cccc(c1)NC(=O)N4. The number of carbonyl (C=O) groups is 4. The van der Waals surface area contributed by atoms with Crippen molar-refractivity contribution in [2.75, 3.05) is 69.0 Å². The predicted molar refractivity (Wildman–Crippen MR) is 462 cm³/mol. The van der Waals surface area contributed by atoms with E-state index >= 15 is 0 Å². The van der Waals surface area contributed by atoms with Crippen LogP contribution in [0.3, 0.4) is 0 Å². The average Bonchev–Trinajstić information content (AvgIpc) is 0.772. The van der Waals surface area contributed by atoms with Crippen molar-refractivity contribution < 1.29 is 38.1 Å². The summed E-state index contributed by atoms with van der Waals surface area (Å²) in [6.45, 7) is 10.4. The van der Waals surface area contributed by atoms with Gasteiger partial charge in [-0.2, -0.15) is 0 Å². The molecule has 8 aromatic carbocycles. The summed E-state index contributed by atoms with van der Waals surface area (Å²) in [6.07, 6.45) is 33.9. The zero-order chi connectivity index (χ0) is 77.9. The predicted octanol–water partition coefficient (Wildman–Crippen LogP) is 25.7. The van der Waals surface area contributed by atoms with Crippen molar-refractivity contribution in [3.05, 3.63) is 212 Å². The molecule has 1 aliphatic carbocycles. The van der Waals surface area contributed by atoms with Crippen LogP contribution < -0.4 is 61.5 Å². The lowest BCUT2D eigenvalue weighted by Gasteiger charge is -2.25. The first-order chi connectivity index (χ1) is 54.9. The minimum absolute atomic E-state index is 0.230. The Hall–Kier alpha value is -9.96. The van der Waals surface area contributed by atoms with E-state index in [9.17, 15) is 19.2 Å². The van der Waals surface area contributed by atoms with Gasteiger partial charge in [-0.3, -0.25) is 0 Å². The fraction of sp³-hybridized carbons (Fsp3) is 0.458. The van der Waals surface area contributed by atoms with Gasteiger partial charge < -0.3 is 61.5 Å². The van der Waals surface area contributed by atoms with Gasteiger partial charge in [-0.05, 0) is 196 Å². The first-order valence-corrected chi connectivity index (χ1v) is 42.8. The van der Waals surface area contributed by atoms with Crippen LogP contribution in [0.2, 0.25) is 0 Å². The summed E-state index contributed by atoms with van der Waals surface area (Å²) in [5, 5.41) is 26.1. The number of amides is 8. The monoisotopic (exact) mass is 1520 g/mol. The fourth-order valence-corrected chi connectivity index (χ4v) is 15.9. The Labute approximate surface area is 667 Å². The molecule has 16 heteroatoms. The highest BCUT2D eigenvalue weighted by Gasteiger charge is 2.27. The van der Waals surface area contributed by atoms with Gasteiger partial charge in [0.1, 0.15) is 23.0 Å². The normalized spacial score (nSPS) is 15.3. The first kappa shape index (κ1) is 83.0. The van der Waals surface area contributed by atoms with Crippen LogP contribution in [0.5, 0.6) is 23.0 Å².